The summed E-state index contributed by atoms with van der Waals surface area (Å²) in [5.41, 5.74) is 3.85. The van der Waals surface area contributed by atoms with Crippen molar-refractivity contribution >= 4 is 39.1 Å². The third-order valence-corrected chi connectivity index (χ3v) is 4.77. The van der Waals surface area contributed by atoms with Gasteiger partial charge in [-0.1, -0.05) is 23.7 Å². The van der Waals surface area contributed by atoms with E-state index in [1.54, 1.807) is 13.2 Å². The highest BCUT2D eigenvalue weighted by atomic mass is 79.9. The summed E-state index contributed by atoms with van der Waals surface area (Å²) in [5, 5.41) is 12.2. The van der Waals surface area contributed by atoms with Gasteiger partial charge >= 0.3 is 0 Å². The molecule has 6 nitrogen and oxygen atoms in total. The van der Waals surface area contributed by atoms with E-state index in [2.05, 4.69) is 31.4 Å². The Morgan fingerprint density at radius 3 is 2.76 bits per heavy atom. The number of aromatic nitrogens is 4. The van der Waals surface area contributed by atoms with Gasteiger partial charge in [0.2, 0.25) is 0 Å². The molecular weight excluding hydrogens is 406 g/mol. The Hall–Kier alpha value is -2.12. The van der Waals surface area contributed by atoms with E-state index in [9.17, 15) is 4.79 Å². The van der Waals surface area contributed by atoms with Crippen LogP contribution >= 0.6 is 27.5 Å². The molecule has 130 valence electrons. The molecule has 0 aliphatic rings. The van der Waals surface area contributed by atoms with Crippen LogP contribution in [0.15, 0.2) is 34.9 Å². The summed E-state index contributed by atoms with van der Waals surface area (Å²) in [6.45, 7) is 4.38. The van der Waals surface area contributed by atoms with Crippen molar-refractivity contribution in [3.05, 3.63) is 62.6 Å². The first-order chi connectivity index (χ1) is 11.9. The van der Waals surface area contributed by atoms with Gasteiger partial charge < -0.3 is 5.32 Å². The highest BCUT2D eigenvalue weighted by Gasteiger charge is 2.19. The molecule has 0 atom stereocenters. The number of hydrogen-bond acceptors (Lipinski definition) is 3. The molecule has 0 unspecified atom stereocenters. The zero-order valence-electron chi connectivity index (χ0n) is 14.0. The average Bonchev–Trinajstić information content (AvgIpc) is 3.01. The van der Waals surface area contributed by atoms with E-state index >= 15 is 0 Å². The fraction of sp³-hybridized carbons (Fsp3) is 0.235. The Balaban J connectivity index is 1.86. The third kappa shape index (κ3) is 3.62. The van der Waals surface area contributed by atoms with Gasteiger partial charge in [0, 0.05) is 12.1 Å². The number of carbonyl (C=O) groups excluding carboxylic acids is 1. The Kier molecular flexibility index (Phi) is 4.96. The maximum Gasteiger partial charge on any atom is 0.275 e. The maximum absolute atomic E-state index is 12.6. The lowest BCUT2D eigenvalue weighted by atomic mass is 10.2. The van der Waals surface area contributed by atoms with Gasteiger partial charge in [-0.25, -0.2) is 0 Å². The van der Waals surface area contributed by atoms with Crippen LogP contribution in [0.1, 0.15) is 27.4 Å². The molecule has 2 heterocycles. The molecule has 8 heteroatoms. The minimum atomic E-state index is -0.236. The number of halogens is 2. The summed E-state index contributed by atoms with van der Waals surface area (Å²) in [6, 6.07) is 7.64. The molecular formula is C17H17BrClN5O. The van der Waals surface area contributed by atoms with E-state index in [4.69, 9.17) is 11.6 Å². The van der Waals surface area contributed by atoms with Crippen molar-refractivity contribution in [3.8, 4) is 0 Å². The van der Waals surface area contributed by atoms with Crippen molar-refractivity contribution in [1.82, 2.24) is 19.6 Å². The molecule has 0 saturated carbocycles. The van der Waals surface area contributed by atoms with E-state index in [1.165, 1.54) is 4.68 Å². The summed E-state index contributed by atoms with van der Waals surface area (Å²) in [5.74, 6) is -0.236. The lowest BCUT2D eigenvalue weighted by Crippen LogP contribution is -2.17. The zero-order chi connectivity index (χ0) is 18.1. The van der Waals surface area contributed by atoms with Crippen LogP contribution in [0.4, 0.5) is 5.69 Å². The fourth-order valence-corrected chi connectivity index (χ4v) is 3.42. The van der Waals surface area contributed by atoms with Gasteiger partial charge in [-0.3, -0.25) is 14.2 Å². The van der Waals surface area contributed by atoms with E-state index in [-0.39, 0.29) is 5.91 Å². The smallest absolute Gasteiger partial charge is 0.275 e. The van der Waals surface area contributed by atoms with E-state index < -0.39 is 0 Å². The second-order valence-corrected chi connectivity index (χ2v) is 7.04. The Labute approximate surface area is 158 Å². The van der Waals surface area contributed by atoms with Gasteiger partial charge in [-0.2, -0.15) is 10.2 Å². The van der Waals surface area contributed by atoms with Crippen LogP contribution in [0.25, 0.3) is 0 Å². The normalized spacial score (nSPS) is 10.9. The number of rotatable bonds is 4. The highest BCUT2D eigenvalue weighted by molar-refractivity contribution is 9.10. The number of carbonyl (C=O) groups is 1. The maximum atomic E-state index is 12.6. The monoisotopic (exact) mass is 421 g/mol. The molecule has 2 aromatic heterocycles. The molecule has 0 aliphatic carbocycles. The summed E-state index contributed by atoms with van der Waals surface area (Å²) >= 11 is 9.39. The Morgan fingerprint density at radius 1 is 1.36 bits per heavy atom. The summed E-state index contributed by atoms with van der Waals surface area (Å²) in [4.78, 5) is 12.6. The molecule has 1 aromatic carbocycles. The summed E-state index contributed by atoms with van der Waals surface area (Å²) < 4.78 is 4.03. The average molecular weight is 423 g/mol. The number of benzene rings is 1. The van der Waals surface area contributed by atoms with Crippen LogP contribution < -0.4 is 5.32 Å². The number of nitrogens with one attached hydrogen (secondary N) is 1. The fourth-order valence-electron chi connectivity index (χ4n) is 2.68. The molecule has 0 spiro atoms. The molecule has 3 rings (SSSR count). The first-order valence-electron chi connectivity index (χ1n) is 7.64. The second-order valence-electron chi connectivity index (χ2n) is 5.75. The van der Waals surface area contributed by atoms with Crippen LogP contribution in [0, 0.1) is 13.8 Å². The molecule has 0 radical (unpaired) electrons. The van der Waals surface area contributed by atoms with Crippen LogP contribution in [0.3, 0.4) is 0 Å². The molecule has 0 saturated heterocycles. The standard InChI is InChI=1S/C17H17BrClN5O/c1-10-15(21-17(25)16-14(18)8-20-23(16)3)11(2)24(22-10)9-12-5-4-6-13(19)7-12/h4-8H,9H2,1-3H3,(H,21,25). The van der Waals surface area contributed by atoms with Crippen LogP contribution in [-0.4, -0.2) is 25.5 Å². The van der Waals surface area contributed by atoms with Crippen molar-refractivity contribution in [3.63, 3.8) is 0 Å². The number of nitrogens with zero attached hydrogens (tertiary/aromatic N) is 4. The zero-order valence-corrected chi connectivity index (χ0v) is 16.4. The number of anilines is 1. The molecule has 3 aromatic rings. The first kappa shape index (κ1) is 17.7. The summed E-state index contributed by atoms with van der Waals surface area (Å²) in [6.07, 6.45) is 1.59. The van der Waals surface area contributed by atoms with E-state index in [1.807, 2.05) is 42.8 Å². The van der Waals surface area contributed by atoms with Crippen molar-refractivity contribution in [2.45, 2.75) is 20.4 Å². The van der Waals surface area contributed by atoms with Crippen LogP contribution in [0.2, 0.25) is 5.02 Å². The molecule has 25 heavy (non-hydrogen) atoms. The molecule has 1 N–H and O–H groups in total. The van der Waals surface area contributed by atoms with Gasteiger partial charge in [-0.15, -0.1) is 0 Å². The van der Waals surface area contributed by atoms with Gasteiger partial charge in [0.15, 0.2) is 0 Å². The second kappa shape index (κ2) is 7.01. The largest absolute Gasteiger partial charge is 0.317 e. The van der Waals surface area contributed by atoms with Crippen molar-refractivity contribution < 1.29 is 4.79 Å². The predicted molar refractivity (Wildman–Crippen MR) is 101 cm³/mol. The van der Waals surface area contributed by atoms with Gasteiger partial charge in [-0.05, 0) is 47.5 Å². The van der Waals surface area contributed by atoms with Crippen molar-refractivity contribution in [1.29, 1.82) is 0 Å². The van der Waals surface area contributed by atoms with Gasteiger partial charge in [0.25, 0.3) is 5.91 Å². The molecule has 0 fully saturated rings. The quantitative estimate of drug-likeness (QED) is 0.692. The number of hydrogen-bond donors (Lipinski definition) is 1. The highest BCUT2D eigenvalue weighted by Crippen LogP contribution is 2.23. The first-order valence-corrected chi connectivity index (χ1v) is 8.81. The van der Waals surface area contributed by atoms with E-state index in [0.717, 1.165) is 17.0 Å². The molecule has 0 bridgehead atoms. The van der Waals surface area contributed by atoms with Gasteiger partial charge in [0.05, 0.1) is 34.3 Å². The lowest BCUT2D eigenvalue weighted by molar-refractivity contribution is 0.101. The minimum absolute atomic E-state index is 0.236. The number of aryl methyl sites for hydroxylation is 2. The Morgan fingerprint density at radius 2 is 2.12 bits per heavy atom. The molecule has 1 amide bonds. The van der Waals surface area contributed by atoms with Crippen molar-refractivity contribution in [2.24, 2.45) is 7.05 Å². The van der Waals surface area contributed by atoms with Gasteiger partial charge in [0.1, 0.15) is 5.69 Å². The number of amides is 1. The van der Waals surface area contributed by atoms with Crippen molar-refractivity contribution in [2.75, 3.05) is 5.32 Å². The van der Waals surface area contributed by atoms with Crippen LogP contribution in [0.5, 0.6) is 0 Å². The minimum Gasteiger partial charge on any atom is -0.317 e. The molecule has 0 aliphatic heterocycles. The third-order valence-electron chi connectivity index (χ3n) is 3.95. The lowest BCUT2D eigenvalue weighted by Gasteiger charge is -2.08. The topological polar surface area (TPSA) is 64.7 Å². The van der Waals surface area contributed by atoms with Crippen LogP contribution in [-0.2, 0) is 13.6 Å². The Bertz CT molecular complexity index is 927. The van der Waals surface area contributed by atoms with E-state index in [0.29, 0.717) is 27.4 Å². The summed E-state index contributed by atoms with van der Waals surface area (Å²) in [7, 11) is 1.72. The predicted octanol–water partition coefficient (Wildman–Crippen LogP) is 3.95. The SMILES string of the molecule is Cc1nn(Cc2cccc(Cl)c2)c(C)c1NC(=O)c1c(Br)cnn1C.